The molecule has 0 aromatic heterocycles. The minimum atomic E-state index is -0.652. The van der Waals surface area contributed by atoms with Gasteiger partial charge in [0.2, 0.25) is 0 Å². The molecule has 2 aromatic rings. The van der Waals surface area contributed by atoms with Gasteiger partial charge in [-0.3, -0.25) is 0 Å². The van der Waals surface area contributed by atoms with Crippen LogP contribution in [0.4, 0.5) is 10.1 Å². The van der Waals surface area contributed by atoms with Crippen LogP contribution in [0.2, 0.25) is 5.02 Å². The Morgan fingerprint density at radius 1 is 1.30 bits per heavy atom. The van der Waals surface area contributed by atoms with Crippen LogP contribution in [-0.2, 0) is 11.3 Å². The number of carbonyl (C=O) groups is 1. The summed E-state index contributed by atoms with van der Waals surface area (Å²) >= 11 is 9.29. The van der Waals surface area contributed by atoms with Crippen LogP contribution < -0.4 is 5.73 Å². The number of rotatable bonds is 3. The van der Waals surface area contributed by atoms with Gasteiger partial charge in [0.15, 0.2) is 0 Å². The minimum Gasteiger partial charge on any atom is -0.457 e. The highest BCUT2D eigenvalue weighted by atomic mass is 79.9. The summed E-state index contributed by atoms with van der Waals surface area (Å²) < 4.78 is 19.2. The molecule has 6 heteroatoms. The molecule has 2 aromatic carbocycles. The average Bonchev–Trinajstić information content (AvgIpc) is 2.40. The topological polar surface area (TPSA) is 52.3 Å². The van der Waals surface area contributed by atoms with Crippen molar-refractivity contribution in [3.8, 4) is 0 Å². The molecule has 0 heterocycles. The maximum atomic E-state index is 13.3. The van der Waals surface area contributed by atoms with E-state index in [1.807, 2.05) is 0 Å². The predicted molar refractivity (Wildman–Crippen MR) is 79.1 cm³/mol. The van der Waals surface area contributed by atoms with Crippen molar-refractivity contribution in [2.45, 2.75) is 6.61 Å². The molecule has 0 bridgehead atoms. The number of carbonyl (C=O) groups excluding carboxylic acids is 1. The molecule has 0 unspecified atom stereocenters. The lowest BCUT2D eigenvalue weighted by Crippen LogP contribution is -2.06. The van der Waals surface area contributed by atoms with Crippen molar-refractivity contribution in [1.82, 2.24) is 0 Å². The standard InChI is InChI=1S/C14H10BrClFNO2/c15-10-3-1-9(11(16)6-10)7-20-14(19)8-2-4-13(18)12(17)5-8/h1-6H,7,18H2. The molecule has 2 rings (SSSR count). The second kappa shape index (κ2) is 6.24. The molecule has 0 radical (unpaired) electrons. The maximum Gasteiger partial charge on any atom is 0.338 e. The fraction of sp³-hybridized carbons (Fsp3) is 0.0714. The molecule has 0 saturated heterocycles. The van der Waals surface area contributed by atoms with Crippen LogP contribution in [0.25, 0.3) is 0 Å². The van der Waals surface area contributed by atoms with E-state index in [0.29, 0.717) is 10.6 Å². The number of anilines is 1. The van der Waals surface area contributed by atoms with Gasteiger partial charge in [-0.1, -0.05) is 33.6 Å². The highest BCUT2D eigenvalue weighted by molar-refractivity contribution is 9.10. The number of hydrogen-bond donors (Lipinski definition) is 1. The van der Waals surface area contributed by atoms with Crippen LogP contribution in [0.3, 0.4) is 0 Å². The highest BCUT2D eigenvalue weighted by Gasteiger charge is 2.11. The van der Waals surface area contributed by atoms with Crippen molar-refractivity contribution in [1.29, 1.82) is 0 Å². The Bertz CT molecular complexity index is 664. The third-order valence-corrected chi connectivity index (χ3v) is 3.46. The third-order valence-electron chi connectivity index (χ3n) is 2.61. The number of halogens is 3. The van der Waals surface area contributed by atoms with Crippen molar-refractivity contribution >= 4 is 39.2 Å². The first-order valence-electron chi connectivity index (χ1n) is 5.63. The minimum absolute atomic E-state index is 0.0109. The Kier molecular flexibility index (Phi) is 4.62. The van der Waals surface area contributed by atoms with E-state index in [2.05, 4.69) is 15.9 Å². The molecule has 0 saturated carbocycles. The van der Waals surface area contributed by atoms with Crippen LogP contribution in [0, 0.1) is 5.82 Å². The molecule has 3 nitrogen and oxygen atoms in total. The summed E-state index contributed by atoms with van der Waals surface area (Å²) in [7, 11) is 0. The number of nitrogens with two attached hydrogens (primary N) is 1. The zero-order chi connectivity index (χ0) is 14.7. The van der Waals surface area contributed by atoms with Crippen molar-refractivity contribution in [3.63, 3.8) is 0 Å². The van der Waals surface area contributed by atoms with Crippen LogP contribution in [-0.4, -0.2) is 5.97 Å². The van der Waals surface area contributed by atoms with Crippen molar-refractivity contribution in [3.05, 3.63) is 62.8 Å². The highest BCUT2D eigenvalue weighted by Crippen LogP contribution is 2.22. The van der Waals surface area contributed by atoms with Crippen molar-refractivity contribution < 1.29 is 13.9 Å². The Balaban J connectivity index is 2.06. The number of benzene rings is 2. The Morgan fingerprint density at radius 3 is 2.70 bits per heavy atom. The molecule has 0 aliphatic rings. The van der Waals surface area contributed by atoms with Gasteiger partial charge in [0.25, 0.3) is 0 Å². The summed E-state index contributed by atoms with van der Waals surface area (Å²) in [4.78, 5) is 11.8. The molecule has 0 atom stereocenters. The fourth-order valence-electron chi connectivity index (χ4n) is 1.52. The summed E-state index contributed by atoms with van der Waals surface area (Å²) in [5, 5.41) is 0.482. The molecular formula is C14H10BrClFNO2. The first-order chi connectivity index (χ1) is 9.47. The maximum absolute atomic E-state index is 13.3. The van der Waals surface area contributed by atoms with E-state index in [1.54, 1.807) is 18.2 Å². The van der Waals surface area contributed by atoms with Gasteiger partial charge in [-0.05, 0) is 30.3 Å². The lowest BCUT2D eigenvalue weighted by Gasteiger charge is -2.07. The van der Waals surface area contributed by atoms with Gasteiger partial charge in [0.05, 0.1) is 11.3 Å². The number of ether oxygens (including phenoxy) is 1. The Hall–Kier alpha value is -1.59. The van der Waals surface area contributed by atoms with Gasteiger partial charge in [0.1, 0.15) is 12.4 Å². The summed E-state index contributed by atoms with van der Waals surface area (Å²) in [5.74, 6) is -1.29. The van der Waals surface area contributed by atoms with E-state index in [9.17, 15) is 9.18 Å². The monoisotopic (exact) mass is 357 g/mol. The quantitative estimate of drug-likeness (QED) is 0.661. The van der Waals surface area contributed by atoms with Crippen LogP contribution in [0.1, 0.15) is 15.9 Å². The van der Waals surface area contributed by atoms with E-state index < -0.39 is 11.8 Å². The summed E-state index contributed by atoms with van der Waals surface area (Å²) in [6.45, 7) is 0.0109. The number of hydrogen-bond acceptors (Lipinski definition) is 3. The summed E-state index contributed by atoms with van der Waals surface area (Å²) in [6, 6.07) is 9.00. The van der Waals surface area contributed by atoms with Gasteiger partial charge >= 0.3 is 5.97 Å². The summed E-state index contributed by atoms with van der Waals surface area (Å²) in [5.41, 5.74) is 6.09. The van der Waals surface area contributed by atoms with Gasteiger partial charge < -0.3 is 10.5 Å². The van der Waals surface area contributed by atoms with Crippen molar-refractivity contribution in [2.24, 2.45) is 0 Å². The average molecular weight is 359 g/mol. The SMILES string of the molecule is Nc1ccc(C(=O)OCc2ccc(Br)cc2Cl)cc1F. The van der Waals surface area contributed by atoms with Gasteiger partial charge in [-0.2, -0.15) is 0 Å². The van der Waals surface area contributed by atoms with Gasteiger partial charge in [-0.25, -0.2) is 9.18 Å². The lowest BCUT2D eigenvalue weighted by atomic mass is 10.2. The first-order valence-corrected chi connectivity index (χ1v) is 6.80. The van der Waals surface area contributed by atoms with E-state index in [4.69, 9.17) is 22.1 Å². The normalized spacial score (nSPS) is 10.3. The van der Waals surface area contributed by atoms with E-state index in [1.165, 1.54) is 12.1 Å². The smallest absolute Gasteiger partial charge is 0.338 e. The van der Waals surface area contributed by atoms with E-state index in [-0.39, 0.29) is 17.9 Å². The second-order valence-electron chi connectivity index (χ2n) is 4.05. The number of esters is 1. The zero-order valence-corrected chi connectivity index (χ0v) is 12.5. The van der Waals surface area contributed by atoms with Crippen LogP contribution >= 0.6 is 27.5 Å². The zero-order valence-electron chi connectivity index (χ0n) is 10.2. The predicted octanol–water partition coefficient (Wildman–Crippen LogP) is 4.18. The fourth-order valence-corrected chi connectivity index (χ4v) is 2.25. The van der Waals surface area contributed by atoms with E-state index >= 15 is 0 Å². The Labute approximate surface area is 128 Å². The van der Waals surface area contributed by atoms with Crippen LogP contribution in [0.15, 0.2) is 40.9 Å². The molecule has 0 spiro atoms. The van der Waals surface area contributed by atoms with E-state index in [0.717, 1.165) is 10.5 Å². The Morgan fingerprint density at radius 2 is 2.05 bits per heavy atom. The molecule has 0 fully saturated rings. The van der Waals surface area contributed by atoms with Crippen molar-refractivity contribution in [2.75, 3.05) is 5.73 Å². The molecule has 20 heavy (non-hydrogen) atoms. The van der Waals surface area contributed by atoms with Gasteiger partial charge in [0, 0.05) is 15.1 Å². The largest absolute Gasteiger partial charge is 0.457 e. The molecule has 0 aliphatic heterocycles. The number of nitrogen functional groups attached to an aromatic ring is 1. The lowest BCUT2D eigenvalue weighted by molar-refractivity contribution is 0.0472. The molecule has 2 N–H and O–H groups in total. The molecular weight excluding hydrogens is 349 g/mol. The summed E-state index contributed by atoms with van der Waals surface area (Å²) in [6.07, 6.45) is 0. The first kappa shape index (κ1) is 14.8. The molecule has 0 amide bonds. The second-order valence-corrected chi connectivity index (χ2v) is 5.37. The molecule has 0 aliphatic carbocycles. The molecule has 104 valence electrons. The third kappa shape index (κ3) is 3.49. The van der Waals surface area contributed by atoms with Crippen LogP contribution in [0.5, 0.6) is 0 Å². The van der Waals surface area contributed by atoms with Gasteiger partial charge in [-0.15, -0.1) is 0 Å².